The van der Waals surface area contributed by atoms with Gasteiger partial charge in [0, 0.05) is 25.4 Å². The number of carbonyl (C=O) groups excluding carboxylic acids is 1. The second kappa shape index (κ2) is 7.44. The van der Waals surface area contributed by atoms with E-state index in [2.05, 4.69) is 10.1 Å². The fourth-order valence-corrected chi connectivity index (χ4v) is 3.48. The number of ether oxygens (including phenoxy) is 1. The van der Waals surface area contributed by atoms with Crippen LogP contribution in [0.4, 0.5) is 5.13 Å². The van der Waals surface area contributed by atoms with Crippen LogP contribution in [0.5, 0.6) is 5.75 Å². The first kappa shape index (κ1) is 16.4. The van der Waals surface area contributed by atoms with Crippen molar-refractivity contribution in [2.24, 2.45) is 0 Å². The molecule has 2 aromatic heterocycles. The van der Waals surface area contributed by atoms with Gasteiger partial charge in [-0.25, -0.2) is 4.98 Å². The predicted molar refractivity (Wildman–Crippen MR) is 95.7 cm³/mol. The molecule has 6 nitrogen and oxygen atoms in total. The second-order valence-corrected chi connectivity index (χ2v) is 6.21. The number of hydrogen-bond donors (Lipinski definition) is 0. The molecule has 0 unspecified atom stereocenters. The molecule has 1 aromatic carbocycles. The molecular weight excluding hydrogens is 324 g/mol. The Kier molecular flexibility index (Phi) is 5.10. The van der Waals surface area contributed by atoms with Crippen LogP contribution in [0.1, 0.15) is 20.3 Å². The highest BCUT2D eigenvalue weighted by Gasteiger charge is 2.19. The number of aromatic nitrogens is 3. The van der Waals surface area contributed by atoms with Crippen LogP contribution in [-0.4, -0.2) is 33.8 Å². The molecule has 2 heterocycles. The SMILES string of the molecule is CCOc1cccc2sc(N(CCn3cccn3)C(=O)CC)nc12. The lowest BCUT2D eigenvalue weighted by atomic mass is 10.3. The average Bonchev–Trinajstić information content (AvgIpc) is 3.25. The molecule has 0 radical (unpaired) electrons. The summed E-state index contributed by atoms with van der Waals surface area (Å²) in [6, 6.07) is 7.73. The van der Waals surface area contributed by atoms with Gasteiger partial charge in [-0.2, -0.15) is 5.10 Å². The molecular formula is C17H20N4O2S. The van der Waals surface area contributed by atoms with E-state index in [0.717, 1.165) is 16.0 Å². The van der Waals surface area contributed by atoms with Gasteiger partial charge < -0.3 is 4.74 Å². The fourth-order valence-electron chi connectivity index (χ4n) is 2.45. The molecule has 0 aliphatic heterocycles. The number of carbonyl (C=O) groups is 1. The molecule has 0 atom stereocenters. The first-order valence-corrected chi connectivity index (χ1v) is 8.84. The summed E-state index contributed by atoms with van der Waals surface area (Å²) in [7, 11) is 0. The molecule has 0 bridgehead atoms. The number of rotatable bonds is 7. The molecule has 0 spiro atoms. The first-order valence-electron chi connectivity index (χ1n) is 8.03. The van der Waals surface area contributed by atoms with E-state index < -0.39 is 0 Å². The Labute approximate surface area is 144 Å². The maximum Gasteiger partial charge on any atom is 0.228 e. The number of amides is 1. The number of hydrogen-bond acceptors (Lipinski definition) is 5. The Morgan fingerprint density at radius 3 is 2.92 bits per heavy atom. The van der Waals surface area contributed by atoms with Gasteiger partial charge in [-0.1, -0.05) is 24.3 Å². The standard InChI is InChI=1S/C17H20N4O2S/c1-3-15(22)21(12-11-20-10-6-9-18-20)17-19-16-13(23-4-2)7-5-8-14(16)24-17/h5-10H,3-4,11-12H2,1-2H3. The van der Waals surface area contributed by atoms with Crippen molar-refractivity contribution in [2.45, 2.75) is 26.8 Å². The second-order valence-electron chi connectivity index (χ2n) is 5.20. The lowest BCUT2D eigenvalue weighted by Gasteiger charge is -2.19. The highest BCUT2D eigenvalue weighted by atomic mass is 32.1. The summed E-state index contributed by atoms with van der Waals surface area (Å²) in [6.45, 7) is 5.57. The zero-order valence-electron chi connectivity index (χ0n) is 13.8. The fraction of sp³-hybridized carbons (Fsp3) is 0.353. The Morgan fingerprint density at radius 2 is 2.21 bits per heavy atom. The summed E-state index contributed by atoms with van der Waals surface area (Å²) in [4.78, 5) is 18.8. The van der Waals surface area contributed by atoms with E-state index >= 15 is 0 Å². The summed E-state index contributed by atoms with van der Waals surface area (Å²) >= 11 is 1.51. The smallest absolute Gasteiger partial charge is 0.228 e. The van der Waals surface area contributed by atoms with Crippen molar-refractivity contribution in [3.63, 3.8) is 0 Å². The number of anilines is 1. The van der Waals surface area contributed by atoms with Crippen molar-refractivity contribution < 1.29 is 9.53 Å². The molecule has 0 aliphatic rings. The van der Waals surface area contributed by atoms with Crippen LogP contribution in [0.3, 0.4) is 0 Å². The molecule has 0 aliphatic carbocycles. The third kappa shape index (κ3) is 3.41. The van der Waals surface area contributed by atoms with Gasteiger partial charge in [0.05, 0.1) is 17.9 Å². The summed E-state index contributed by atoms with van der Waals surface area (Å²) in [5.74, 6) is 0.813. The van der Waals surface area contributed by atoms with E-state index in [9.17, 15) is 4.79 Å². The Morgan fingerprint density at radius 1 is 1.33 bits per heavy atom. The Balaban J connectivity index is 1.90. The van der Waals surface area contributed by atoms with Crippen molar-refractivity contribution in [3.05, 3.63) is 36.7 Å². The van der Waals surface area contributed by atoms with Crippen molar-refractivity contribution in [3.8, 4) is 5.75 Å². The van der Waals surface area contributed by atoms with Gasteiger partial charge in [-0.15, -0.1) is 0 Å². The first-order chi connectivity index (χ1) is 11.7. The van der Waals surface area contributed by atoms with Crippen molar-refractivity contribution in [1.29, 1.82) is 0 Å². The molecule has 24 heavy (non-hydrogen) atoms. The zero-order chi connectivity index (χ0) is 16.9. The number of nitrogens with zero attached hydrogens (tertiary/aromatic N) is 4. The van der Waals surface area contributed by atoms with Gasteiger partial charge in [0.2, 0.25) is 5.91 Å². The Bertz CT molecular complexity index is 813. The number of para-hydroxylation sites is 1. The summed E-state index contributed by atoms with van der Waals surface area (Å²) in [6.07, 6.45) is 4.06. The van der Waals surface area contributed by atoms with Crippen LogP contribution in [-0.2, 0) is 11.3 Å². The molecule has 3 aromatic rings. The van der Waals surface area contributed by atoms with Crippen molar-refractivity contribution in [1.82, 2.24) is 14.8 Å². The lowest BCUT2D eigenvalue weighted by Crippen LogP contribution is -2.33. The molecule has 0 fully saturated rings. The van der Waals surface area contributed by atoms with Crippen LogP contribution >= 0.6 is 11.3 Å². The number of fused-ring (bicyclic) bond motifs is 1. The molecule has 126 valence electrons. The van der Waals surface area contributed by atoms with Crippen LogP contribution in [0.15, 0.2) is 36.7 Å². The predicted octanol–water partition coefficient (Wildman–Crippen LogP) is 3.33. The minimum absolute atomic E-state index is 0.0548. The summed E-state index contributed by atoms with van der Waals surface area (Å²) < 4.78 is 8.48. The summed E-state index contributed by atoms with van der Waals surface area (Å²) in [5, 5.41) is 4.89. The largest absolute Gasteiger partial charge is 0.492 e. The average molecular weight is 344 g/mol. The van der Waals surface area contributed by atoms with Crippen molar-refractivity contribution >= 4 is 32.6 Å². The molecule has 0 saturated carbocycles. The van der Waals surface area contributed by atoms with Gasteiger partial charge in [-0.05, 0) is 25.1 Å². The van der Waals surface area contributed by atoms with Gasteiger partial charge in [0.15, 0.2) is 5.13 Å². The van der Waals surface area contributed by atoms with E-state index in [1.807, 2.05) is 49.0 Å². The Hall–Kier alpha value is -2.41. The van der Waals surface area contributed by atoms with Gasteiger partial charge >= 0.3 is 0 Å². The maximum absolute atomic E-state index is 12.4. The molecule has 1 amide bonds. The van der Waals surface area contributed by atoms with Crippen LogP contribution in [0, 0.1) is 0 Å². The normalized spacial score (nSPS) is 10.9. The molecule has 7 heteroatoms. The third-order valence-corrected chi connectivity index (χ3v) is 4.66. The number of thiazole rings is 1. The molecule has 3 rings (SSSR count). The monoisotopic (exact) mass is 344 g/mol. The third-order valence-electron chi connectivity index (χ3n) is 3.62. The minimum atomic E-state index is 0.0548. The van der Waals surface area contributed by atoms with E-state index in [4.69, 9.17) is 4.74 Å². The summed E-state index contributed by atoms with van der Waals surface area (Å²) in [5.41, 5.74) is 0.812. The van der Waals surface area contributed by atoms with Gasteiger partial charge in [0.25, 0.3) is 0 Å². The van der Waals surface area contributed by atoms with E-state index in [1.54, 1.807) is 11.1 Å². The van der Waals surface area contributed by atoms with Gasteiger partial charge in [0.1, 0.15) is 11.3 Å². The van der Waals surface area contributed by atoms with E-state index in [1.165, 1.54) is 11.3 Å². The van der Waals surface area contributed by atoms with Crippen LogP contribution < -0.4 is 9.64 Å². The maximum atomic E-state index is 12.4. The van der Waals surface area contributed by atoms with E-state index in [-0.39, 0.29) is 5.91 Å². The van der Waals surface area contributed by atoms with E-state index in [0.29, 0.717) is 31.2 Å². The highest BCUT2D eigenvalue weighted by molar-refractivity contribution is 7.22. The topological polar surface area (TPSA) is 60.2 Å². The lowest BCUT2D eigenvalue weighted by molar-refractivity contribution is -0.118. The van der Waals surface area contributed by atoms with Gasteiger partial charge in [-0.3, -0.25) is 14.4 Å². The van der Waals surface area contributed by atoms with Crippen molar-refractivity contribution in [2.75, 3.05) is 18.1 Å². The van der Waals surface area contributed by atoms with Crippen LogP contribution in [0.2, 0.25) is 0 Å². The highest BCUT2D eigenvalue weighted by Crippen LogP contribution is 2.34. The molecule has 0 N–H and O–H groups in total. The zero-order valence-corrected chi connectivity index (χ0v) is 14.6. The quantitative estimate of drug-likeness (QED) is 0.659. The van der Waals surface area contributed by atoms with Crippen LogP contribution in [0.25, 0.3) is 10.2 Å². The number of benzene rings is 1. The minimum Gasteiger partial charge on any atom is -0.492 e. The molecule has 0 saturated heterocycles.